The number of sulfonamides is 1. The minimum atomic E-state index is -3.54. The van der Waals surface area contributed by atoms with Crippen molar-refractivity contribution in [3.05, 3.63) is 47.3 Å². The second-order valence-corrected chi connectivity index (χ2v) is 9.98. The molecular weight excluding hydrogens is 362 g/mol. The maximum atomic E-state index is 12.9. The van der Waals surface area contributed by atoms with Crippen LogP contribution in [0.2, 0.25) is 0 Å². The van der Waals surface area contributed by atoms with Crippen molar-refractivity contribution in [2.24, 2.45) is 11.7 Å². The summed E-state index contributed by atoms with van der Waals surface area (Å²) in [4.78, 5) is 0.225. The SMILES string of the molecule is Cc1noc(C)c1S(=O)(=O)N1CCC(CC2(N)CC2c2ccccc2)CC1. The smallest absolute Gasteiger partial charge is 0.248 e. The van der Waals surface area contributed by atoms with E-state index in [9.17, 15) is 8.42 Å². The minimum absolute atomic E-state index is 0.130. The number of nitrogens with two attached hydrogens (primary N) is 1. The Balaban J connectivity index is 1.37. The Morgan fingerprint density at radius 2 is 1.89 bits per heavy atom. The molecule has 27 heavy (non-hydrogen) atoms. The fraction of sp³-hybridized carbons (Fsp3) is 0.550. The van der Waals surface area contributed by atoms with E-state index >= 15 is 0 Å². The van der Waals surface area contributed by atoms with E-state index in [4.69, 9.17) is 10.3 Å². The molecular formula is C20H27N3O3S. The third-order valence-electron chi connectivity index (χ3n) is 6.13. The average Bonchev–Trinajstić information content (AvgIpc) is 3.19. The van der Waals surface area contributed by atoms with Gasteiger partial charge in [-0.3, -0.25) is 0 Å². The molecule has 2 N–H and O–H groups in total. The highest BCUT2D eigenvalue weighted by atomic mass is 32.2. The van der Waals surface area contributed by atoms with Crippen molar-refractivity contribution in [1.29, 1.82) is 0 Å². The number of piperidine rings is 1. The number of aromatic nitrogens is 1. The zero-order valence-electron chi connectivity index (χ0n) is 15.9. The summed E-state index contributed by atoms with van der Waals surface area (Å²) in [5, 5.41) is 3.79. The van der Waals surface area contributed by atoms with Crippen molar-refractivity contribution in [3.63, 3.8) is 0 Å². The average molecular weight is 390 g/mol. The Morgan fingerprint density at radius 1 is 1.22 bits per heavy atom. The molecule has 1 saturated heterocycles. The molecule has 1 aliphatic heterocycles. The van der Waals surface area contributed by atoms with Crippen LogP contribution in [0, 0.1) is 19.8 Å². The van der Waals surface area contributed by atoms with Crippen LogP contribution in [0.4, 0.5) is 0 Å². The van der Waals surface area contributed by atoms with E-state index in [0.717, 1.165) is 25.7 Å². The Bertz CT molecular complexity index is 898. The van der Waals surface area contributed by atoms with E-state index in [1.54, 1.807) is 18.2 Å². The molecule has 0 spiro atoms. The first-order valence-corrected chi connectivity index (χ1v) is 11.0. The van der Waals surface area contributed by atoms with Gasteiger partial charge in [-0.05, 0) is 51.0 Å². The van der Waals surface area contributed by atoms with Crippen LogP contribution < -0.4 is 5.73 Å². The maximum Gasteiger partial charge on any atom is 0.248 e. The standard InChI is InChI=1S/C20H27N3O3S/c1-14-19(15(2)26-22-14)27(24,25)23-10-8-16(9-11-23)12-20(21)13-18(20)17-6-4-3-5-7-17/h3-7,16,18H,8-13,21H2,1-2H3. The van der Waals surface area contributed by atoms with Gasteiger partial charge in [0.15, 0.2) is 5.76 Å². The summed E-state index contributed by atoms with van der Waals surface area (Å²) in [7, 11) is -3.54. The Labute approximate surface area is 160 Å². The van der Waals surface area contributed by atoms with Gasteiger partial charge in [0.2, 0.25) is 10.0 Å². The van der Waals surface area contributed by atoms with E-state index in [1.165, 1.54) is 5.56 Å². The molecule has 0 amide bonds. The van der Waals surface area contributed by atoms with Crippen LogP contribution in [-0.2, 0) is 10.0 Å². The summed E-state index contributed by atoms with van der Waals surface area (Å²) >= 11 is 0. The van der Waals surface area contributed by atoms with Gasteiger partial charge in [0, 0.05) is 24.5 Å². The molecule has 0 bridgehead atoms. The second kappa shape index (κ2) is 6.72. The molecule has 2 atom stereocenters. The van der Waals surface area contributed by atoms with Crippen molar-refractivity contribution in [2.75, 3.05) is 13.1 Å². The monoisotopic (exact) mass is 389 g/mol. The molecule has 4 rings (SSSR count). The molecule has 2 heterocycles. The first kappa shape index (κ1) is 18.7. The third kappa shape index (κ3) is 3.44. The summed E-state index contributed by atoms with van der Waals surface area (Å²) in [6.45, 7) is 4.38. The van der Waals surface area contributed by atoms with Crippen LogP contribution in [0.15, 0.2) is 39.8 Å². The van der Waals surface area contributed by atoms with Gasteiger partial charge >= 0.3 is 0 Å². The lowest BCUT2D eigenvalue weighted by molar-refractivity contribution is 0.248. The quantitative estimate of drug-likeness (QED) is 0.849. The number of benzene rings is 1. The van der Waals surface area contributed by atoms with E-state index in [2.05, 4.69) is 29.4 Å². The zero-order valence-corrected chi connectivity index (χ0v) is 16.7. The molecule has 146 valence electrons. The summed E-state index contributed by atoms with van der Waals surface area (Å²) in [5.41, 5.74) is 8.26. The first-order valence-electron chi connectivity index (χ1n) is 9.58. The van der Waals surface area contributed by atoms with Crippen molar-refractivity contribution < 1.29 is 12.9 Å². The van der Waals surface area contributed by atoms with Gasteiger partial charge in [0.1, 0.15) is 10.6 Å². The van der Waals surface area contributed by atoms with Crippen LogP contribution in [0.5, 0.6) is 0 Å². The summed E-state index contributed by atoms with van der Waals surface area (Å²) in [6, 6.07) is 10.5. The Hall–Kier alpha value is -1.70. The predicted molar refractivity (Wildman–Crippen MR) is 103 cm³/mol. The second-order valence-electron chi connectivity index (χ2n) is 8.11. The molecule has 1 aromatic heterocycles. The zero-order chi connectivity index (χ0) is 19.2. The van der Waals surface area contributed by atoms with Crippen molar-refractivity contribution in [1.82, 2.24) is 9.46 Å². The topological polar surface area (TPSA) is 89.4 Å². The number of aryl methyl sites for hydroxylation is 2. The first-order chi connectivity index (χ1) is 12.8. The molecule has 2 fully saturated rings. The highest BCUT2D eigenvalue weighted by molar-refractivity contribution is 7.89. The molecule has 7 heteroatoms. The summed E-state index contributed by atoms with van der Waals surface area (Å²) in [6.07, 6.45) is 3.69. The lowest BCUT2D eigenvalue weighted by atomic mass is 9.88. The van der Waals surface area contributed by atoms with E-state index in [0.29, 0.717) is 36.4 Å². The van der Waals surface area contributed by atoms with Gasteiger partial charge in [-0.2, -0.15) is 4.31 Å². The molecule has 6 nitrogen and oxygen atoms in total. The van der Waals surface area contributed by atoms with E-state index in [-0.39, 0.29) is 10.4 Å². The third-order valence-corrected chi connectivity index (χ3v) is 8.27. The van der Waals surface area contributed by atoms with E-state index in [1.807, 2.05) is 6.07 Å². The number of hydrogen-bond donors (Lipinski definition) is 1. The molecule has 2 aromatic rings. The van der Waals surface area contributed by atoms with E-state index < -0.39 is 10.0 Å². The molecule has 0 radical (unpaired) electrons. The molecule has 1 aromatic carbocycles. The predicted octanol–water partition coefficient (Wildman–Crippen LogP) is 2.97. The molecule has 2 unspecified atom stereocenters. The molecule has 1 saturated carbocycles. The van der Waals surface area contributed by atoms with Gasteiger partial charge < -0.3 is 10.3 Å². The molecule has 1 aliphatic carbocycles. The maximum absolute atomic E-state index is 12.9. The summed E-state index contributed by atoms with van der Waals surface area (Å²) < 4.78 is 32.5. The van der Waals surface area contributed by atoms with Gasteiger partial charge in [0.25, 0.3) is 0 Å². The van der Waals surface area contributed by atoms with Crippen LogP contribution in [-0.4, -0.2) is 36.5 Å². The van der Waals surface area contributed by atoms with Crippen molar-refractivity contribution >= 4 is 10.0 Å². The van der Waals surface area contributed by atoms with Crippen LogP contribution in [0.1, 0.15) is 48.6 Å². The van der Waals surface area contributed by atoms with Gasteiger partial charge in [-0.15, -0.1) is 0 Å². The minimum Gasteiger partial charge on any atom is -0.360 e. The van der Waals surface area contributed by atoms with Crippen molar-refractivity contribution in [2.45, 2.75) is 55.9 Å². The normalized spacial score (nSPS) is 27.0. The Kier molecular flexibility index (Phi) is 4.64. The summed E-state index contributed by atoms with van der Waals surface area (Å²) in [5.74, 6) is 1.27. The highest BCUT2D eigenvalue weighted by Gasteiger charge is 2.52. The lowest BCUT2D eigenvalue weighted by Gasteiger charge is -2.32. The van der Waals surface area contributed by atoms with Gasteiger partial charge in [0.05, 0.1) is 0 Å². The Morgan fingerprint density at radius 3 is 2.48 bits per heavy atom. The fourth-order valence-corrected chi connectivity index (χ4v) is 6.31. The highest BCUT2D eigenvalue weighted by Crippen LogP contribution is 2.53. The van der Waals surface area contributed by atoms with Crippen molar-refractivity contribution in [3.8, 4) is 0 Å². The van der Waals surface area contributed by atoms with Crippen LogP contribution in [0.3, 0.4) is 0 Å². The lowest BCUT2D eigenvalue weighted by Crippen LogP contribution is -2.40. The van der Waals surface area contributed by atoms with Gasteiger partial charge in [-0.1, -0.05) is 35.5 Å². The number of nitrogens with zero attached hydrogens (tertiary/aromatic N) is 2. The number of rotatable bonds is 5. The fourth-order valence-electron chi connectivity index (χ4n) is 4.55. The van der Waals surface area contributed by atoms with Crippen LogP contribution >= 0.6 is 0 Å². The molecule has 2 aliphatic rings. The van der Waals surface area contributed by atoms with Gasteiger partial charge in [-0.25, -0.2) is 8.42 Å². The van der Waals surface area contributed by atoms with Crippen LogP contribution in [0.25, 0.3) is 0 Å². The largest absolute Gasteiger partial charge is 0.360 e. The number of hydrogen-bond acceptors (Lipinski definition) is 5.